The first-order valence-corrected chi connectivity index (χ1v) is 7.00. The molecule has 1 aliphatic heterocycles. The van der Waals surface area contributed by atoms with E-state index in [9.17, 15) is 9.59 Å². The van der Waals surface area contributed by atoms with Crippen molar-refractivity contribution in [1.82, 2.24) is 10.2 Å². The van der Waals surface area contributed by atoms with Gasteiger partial charge in [-0.1, -0.05) is 20.3 Å². The fourth-order valence-electron chi connectivity index (χ4n) is 2.45. The molecule has 0 spiro atoms. The minimum absolute atomic E-state index is 0.0118. The zero-order valence-electron chi connectivity index (χ0n) is 11.8. The SMILES string of the molecule is CCC(C)CN1C(=O)C(C2CC2)NC(=O)C1(C)C. The van der Waals surface area contributed by atoms with Gasteiger partial charge in [0.25, 0.3) is 0 Å². The maximum atomic E-state index is 12.5. The van der Waals surface area contributed by atoms with Crippen LogP contribution in [0.15, 0.2) is 0 Å². The van der Waals surface area contributed by atoms with Gasteiger partial charge < -0.3 is 10.2 Å². The van der Waals surface area contributed by atoms with Gasteiger partial charge in [-0.05, 0) is 38.5 Å². The number of hydrogen-bond acceptors (Lipinski definition) is 2. The Morgan fingerprint density at radius 1 is 1.39 bits per heavy atom. The summed E-state index contributed by atoms with van der Waals surface area (Å²) in [6.07, 6.45) is 3.15. The molecule has 2 amide bonds. The molecular weight excluding hydrogens is 228 g/mol. The van der Waals surface area contributed by atoms with Gasteiger partial charge in [0.05, 0.1) is 0 Å². The third-order valence-electron chi connectivity index (χ3n) is 4.33. The Morgan fingerprint density at radius 2 is 2.00 bits per heavy atom. The summed E-state index contributed by atoms with van der Waals surface area (Å²) in [6, 6.07) is -0.269. The number of carbonyl (C=O) groups excluding carboxylic acids is 2. The molecule has 2 aliphatic rings. The van der Waals surface area contributed by atoms with Crippen LogP contribution in [0.2, 0.25) is 0 Å². The summed E-state index contributed by atoms with van der Waals surface area (Å²) in [5.74, 6) is 0.903. The fourth-order valence-corrected chi connectivity index (χ4v) is 2.45. The molecule has 18 heavy (non-hydrogen) atoms. The molecule has 1 saturated heterocycles. The number of hydrogen-bond donors (Lipinski definition) is 1. The molecule has 0 bridgehead atoms. The van der Waals surface area contributed by atoms with Gasteiger partial charge in [0.2, 0.25) is 11.8 Å². The Bertz CT molecular complexity index is 361. The second-order valence-electron chi connectivity index (χ2n) is 6.31. The van der Waals surface area contributed by atoms with Crippen molar-refractivity contribution < 1.29 is 9.59 Å². The molecule has 2 atom stereocenters. The molecule has 1 heterocycles. The summed E-state index contributed by atoms with van der Waals surface area (Å²) >= 11 is 0. The van der Waals surface area contributed by atoms with Crippen molar-refractivity contribution in [3.63, 3.8) is 0 Å². The van der Waals surface area contributed by atoms with Crippen molar-refractivity contribution in [2.75, 3.05) is 6.54 Å². The van der Waals surface area contributed by atoms with Crippen LogP contribution in [0, 0.1) is 11.8 Å². The quantitative estimate of drug-likeness (QED) is 0.825. The largest absolute Gasteiger partial charge is 0.342 e. The van der Waals surface area contributed by atoms with Crippen molar-refractivity contribution in [3.8, 4) is 0 Å². The Balaban J connectivity index is 2.19. The molecule has 1 aliphatic carbocycles. The van der Waals surface area contributed by atoms with Gasteiger partial charge in [0.15, 0.2) is 0 Å². The predicted molar refractivity (Wildman–Crippen MR) is 69.9 cm³/mol. The standard InChI is InChI=1S/C14H24N2O2/c1-5-9(2)8-16-12(17)11(10-6-7-10)15-13(18)14(16,3)4/h9-11H,5-8H2,1-4H3,(H,15,18). The Morgan fingerprint density at radius 3 is 2.50 bits per heavy atom. The second-order valence-corrected chi connectivity index (χ2v) is 6.31. The van der Waals surface area contributed by atoms with Crippen LogP contribution in [0.5, 0.6) is 0 Å². The minimum Gasteiger partial charge on any atom is -0.342 e. The molecule has 0 radical (unpaired) electrons. The lowest BCUT2D eigenvalue weighted by Crippen LogP contribution is -2.69. The highest BCUT2D eigenvalue weighted by atomic mass is 16.2. The van der Waals surface area contributed by atoms with E-state index in [1.165, 1.54) is 0 Å². The fraction of sp³-hybridized carbons (Fsp3) is 0.857. The number of piperazine rings is 1. The van der Waals surface area contributed by atoms with Gasteiger partial charge >= 0.3 is 0 Å². The number of nitrogens with one attached hydrogen (secondary N) is 1. The molecule has 2 fully saturated rings. The first-order valence-electron chi connectivity index (χ1n) is 7.00. The van der Waals surface area contributed by atoms with Crippen molar-refractivity contribution >= 4 is 11.8 Å². The molecule has 1 saturated carbocycles. The normalized spacial score (nSPS) is 29.1. The maximum absolute atomic E-state index is 12.5. The molecule has 1 N–H and O–H groups in total. The zero-order chi connectivity index (χ0) is 13.5. The van der Waals surface area contributed by atoms with E-state index in [1.54, 1.807) is 4.90 Å². The molecule has 4 heteroatoms. The third-order valence-corrected chi connectivity index (χ3v) is 4.33. The van der Waals surface area contributed by atoms with Gasteiger partial charge in [-0.2, -0.15) is 0 Å². The van der Waals surface area contributed by atoms with Crippen LogP contribution >= 0.6 is 0 Å². The zero-order valence-corrected chi connectivity index (χ0v) is 11.8. The summed E-state index contributed by atoms with van der Waals surface area (Å²) < 4.78 is 0. The van der Waals surface area contributed by atoms with Crippen LogP contribution in [-0.2, 0) is 9.59 Å². The van der Waals surface area contributed by atoms with Crippen LogP contribution in [-0.4, -0.2) is 34.8 Å². The van der Waals surface area contributed by atoms with E-state index < -0.39 is 5.54 Å². The average molecular weight is 252 g/mol. The van der Waals surface area contributed by atoms with Crippen LogP contribution in [0.1, 0.15) is 47.0 Å². The van der Waals surface area contributed by atoms with Crippen molar-refractivity contribution in [2.45, 2.75) is 58.5 Å². The molecule has 4 nitrogen and oxygen atoms in total. The molecule has 0 aromatic heterocycles. The topological polar surface area (TPSA) is 49.4 Å². The van der Waals surface area contributed by atoms with Crippen LogP contribution < -0.4 is 5.32 Å². The highest BCUT2D eigenvalue weighted by molar-refractivity contribution is 5.99. The number of amides is 2. The highest BCUT2D eigenvalue weighted by Crippen LogP contribution is 2.36. The van der Waals surface area contributed by atoms with Gasteiger partial charge in [0.1, 0.15) is 11.6 Å². The lowest BCUT2D eigenvalue weighted by molar-refractivity contribution is -0.156. The maximum Gasteiger partial charge on any atom is 0.246 e. The number of nitrogens with zero attached hydrogens (tertiary/aromatic N) is 1. The van der Waals surface area contributed by atoms with Crippen LogP contribution in [0.4, 0.5) is 0 Å². The first kappa shape index (κ1) is 13.4. The van der Waals surface area contributed by atoms with Gasteiger partial charge in [-0.3, -0.25) is 9.59 Å². The summed E-state index contributed by atoms with van der Waals surface area (Å²) in [4.78, 5) is 26.5. The van der Waals surface area contributed by atoms with E-state index in [0.717, 1.165) is 19.3 Å². The number of rotatable bonds is 4. The van der Waals surface area contributed by atoms with E-state index in [1.807, 2.05) is 13.8 Å². The lowest BCUT2D eigenvalue weighted by atomic mass is 9.92. The van der Waals surface area contributed by atoms with Crippen LogP contribution in [0.25, 0.3) is 0 Å². The molecule has 0 aromatic carbocycles. The van der Waals surface area contributed by atoms with E-state index in [-0.39, 0.29) is 17.9 Å². The minimum atomic E-state index is -0.716. The highest BCUT2D eigenvalue weighted by Gasteiger charge is 2.50. The monoisotopic (exact) mass is 252 g/mol. The van der Waals surface area contributed by atoms with Crippen molar-refractivity contribution in [1.29, 1.82) is 0 Å². The Kier molecular flexibility index (Phi) is 3.39. The summed E-state index contributed by atoms with van der Waals surface area (Å²) in [5, 5.41) is 2.91. The molecule has 102 valence electrons. The van der Waals surface area contributed by atoms with E-state index in [4.69, 9.17) is 0 Å². The first-order chi connectivity index (χ1) is 8.37. The molecule has 2 unspecified atom stereocenters. The van der Waals surface area contributed by atoms with E-state index in [2.05, 4.69) is 19.2 Å². The molecule has 0 aromatic rings. The van der Waals surface area contributed by atoms with E-state index >= 15 is 0 Å². The van der Waals surface area contributed by atoms with Gasteiger partial charge in [0, 0.05) is 6.54 Å². The Labute approximate surface area is 109 Å². The summed E-state index contributed by atoms with van der Waals surface area (Å²) in [6.45, 7) is 8.60. The summed E-state index contributed by atoms with van der Waals surface area (Å²) in [5.41, 5.74) is -0.716. The number of carbonyl (C=O) groups is 2. The second kappa shape index (κ2) is 4.56. The lowest BCUT2D eigenvalue weighted by Gasteiger charge is -2.45. The third kappa shape index (κ3) is 2.25. The van der Waals surface area contributed by atoms with Crippen molar-refractivity contribution in [2.24, 2.45) is 11.8 Å². The molecular formula is C14H24N2O2. The average Bonchev–Trinajstić information content (AvgIpc) is 3.13. The van der Waals surface area contributed by atoms with Gasteiger partial charge in [-0.15, -0.1) is 0 Å². The predicted octanol–water partition coefficient (Wildman–Crippen LogP) is 1.55. The smallest absolute Gasteiger partial charge is 0.246 e. The van der Waals surface area contributed by atoms with Gasteiger partial charge in [-0.25, -0.2) is 0 Å². The van der Waals surface area contributed by atoms with E-state index in [0.29, 0.717) is 18.4 Å². The van der Waals surface area contributed by atoms with Crippen molar-refractivity contribution in [3.05, 3.63) is 0 Å². The molecule has 2 rings (SSSR count). The Hall–Kier alpha value is -1.06. The van der Waals surface area contributed by atoms with Crippen LogP contribution in [0.3, 0.4) is 0 Å². The summed E-state index contributed by atoms with van der Waals surface area (Å²) in [7, 11) is 0.